The van der Waals surface area contributed by atoms with Crippen LogP contribution < -0.4 is 18.9 Å². The summed E-state index contributed by atoms with van der Waals surface area (Å²) in [5.74, 6) is 0.489. The summed E-state index contributed by atoms with van der Waals surface area (Å²) in [7, 11) is 0. The summed E-state index contributed by atoms with van der Waals surface area (Å²) in [6.45, 7) is 0.923. The Balaban J connectivity index is 0.971. The van der Waals surface area contributed by atoms with E-state index in [1.165, 1.54) is 44.2 Å². The number of carbonyl (C=O) groups is 2. The molecular formula is C40H36O10. The topological polar surface area (TPSA) is 152 Å². The number of fused-ring (bicyclic) bond motifs is 2. The number of phenolic OH excluding ortho intramolecular Hbond substituents is 4. The standard InChI is InChI=1S/C40H36O10/c41-27-17-31(43)37-33(19-27)49-35(39(37)45)15-24-6-10-29(11-7-24)47-21-26(14-23-4-2-1-3-5-23)22-48-30-12-8-25(9-13-30)16-36-40(46)38-32(44)18-28(42)20-34(38)50-36/h6-13,15-20,23,26,41-44H,1-5,14,21-22H2/b35-15-,36-16-. The first kappa shape index (κ1) is 32.6. The molecule has 0 amide bonds. The zero-order valence-electron chi connectivity index (χ0n) is 27.1. The van der Waals surface area contributed by atoms with Crippen molar-refractivity contribution < 1.29 is 49.0 Å². The van der Waals surface area contributed by atoms with Gasteiger partial charge in [-0.2, -0.15) is 0 Å². The van der Waals surface area contributed by atoms with Gasteiger partial charge in [0.15, 0.2) is 11.5 Å². The number of ether oxygens (including phenoxy) is 4. The number of rotatable bonds is 10. The van der Waals surface area contributed by atoms with Crippen molar-refractivity contribution in [1.29, 1.82) is 0 Å². The Bertz CT molecular complexity index is 1850. The van der Waals surface area contributed by atoms with E-state index in [9.17, 15) is 30.0 Å². The Morgan fingerprint density at radius 2 is 1.08 bits per heavy atom. The summed E-state index contributed by atoms with van der Waals surface area (Å²) in [5, 5.41) is 39.6. The van der Waals surface area contributed by atoms with Crippen LogP contribution in [0.15, 0.2) is 84.3 Å². The third-order valence-corrected chi connectivity index (χ3v) is 9.19. The number of aromatic hydroxyl groups is 4. The van der Waals surface area contributed by atoms with Gasteiger partial charge >= 0.3 is 0 Å². The maximum Gasteiger partial charge on any atom is 0.235 e. The maximum atomic E-state index is 12.8. The monoisotopic (exact) mass is 676 g/mol. The molecule has 1 aliphatic carbocycles. The zero-order valence-corrected chi connectivity index (χ0v) is 27.1. The van der Waals surface area contributed by atoms with E-state index in [1.54, 1.807) is 12.2 Å². The fourth-order valence-electron chi connectivity index (χ4n) is 6.69. The van der Waals surface area contributed by atoms with E-state index in [4.69, 9.17) is 18.9 Å². The molecule has 10 nitrogen and oxygen atoms in total. The third-order valence-electron chi connectivity index (χ3n) is 9.19. The van der Waals surface area contributed by atoms with Gasteiger partial charge in [0.1, 0.15) is 57.1 Å². The van der Waals surface area contributed by atoms with Crippen LogP contribution in [0, 0.1) is 11.8 Å². The third kappa shape index (κ3) is 7.10. The highest BCUT2D eigenvalue weighted by Gasteiger charge is 2.32. The number of hydrogen-bond acceptors (Lipinski definition) is 10. The van der Waals surface area contributed by atoms with Crippen molar-refractivity contribution in [3.63, 3.8) is 0 Å². The number of benzene rings is 4. The second kappa shape index (κ2) is 13.9. The van der Waals surface area contributed by atoms with Crippen LogP contribution in [0.5, 0.6) is 46.0 Å². The van der Waals surface area contributed by atoms with E-state index in [1.807, 2.05) is 48.5 Å². The molecule has 2 aliphatic heterocycles. The van der Waals surface area contributed by atoms with Crippen molar-refractivity contribution in [3.05, 3.63) is 107 Å². The van der Waals surface area contributed by atoms with E-state index in [0.717, 1.165) is 18.6 Å². The largest absolute Gasteiger partial charge is 0.508 e. The van der Waals surface area contributed by atoms with Gasteiger partial charge < -0.3 is 39.4 Å². The lowest BCUT2D eigenvalue weighted by atomic mass is 9.83. The first-order valence-corrected chi connectivity index (χ1v) is 16.7. The quantitative estimate of drug-likeness (QED) is 0.123. The molecule has 0 saturated heterocycles. The lowest BCUT2D eigenvalue weighted by Gasteiger charge is -2.26. The Labute approximate surface area is 288 Å². The molecule has 1 fully saturated rings. The van der Waals surface area contributed by atoms with Gasteiger partial charge in [-0.15, -0.1) is 0 Å². The summed E-state index contributed by atoms with van der Waals surface area (Å²) >= 11 is 0. The normalized spacial score (nSPS) is 17.7. The van der Waals surface area contributed by atoms with E-state index >= 15 is 0 Å². The number of phenols is 4. The average molecular weight is 677 g/mol. The van der Waals surface area contributed by atoms with Gasteiger partial charge in [-0.3, -0.25) is 9.59 Å². The molecule has 50 heavy (non-hydrogen) atoms. The van der Waals surface area contributed by atoms with Gasteiger partial charge in [0, 0.05) is 30.2 Å². The highest BCUT2D eigenvalue weighted by molar-refractivity contribution is 6.17. The van der Waals surface area contributed by atoms with Crippen LogP contribution in [0.25, 0.3) is 12.2 Å². The molecule has 4 aromatic carbocycles. The summed E-state index contributed by atoms with van der Waals surface area (Å²) in [6, 6.07) is 19.4. The van der Waals surface area contributed by atoms with Gasteiger partial charge in [0.2, 0.25) is 11.6 Å². The maximum absolute atomic E-state index is 12.8. The van der Waals surface area contributed by atoms with Gasteiger partial charge in [0.25, 0.3) is 0 Å². The Morgan fingerprint density at radius 1 is 0.640 bits per heavy atom. The van der Waals surface area contributed by atoms with Crippen LogP contribution in [0.1, 0.15) is 70.4 Å². The first-order chi connectivity index (χ1) is 24.2. The van der Waals surface area contributed by atoms with E-state index < -0.39 is 11.6 Å². The van der Waals surface area contributed by atoms with Crippen molar-refractivity contribution in [2.75, 3.05) is 13.2 Å². The lowest BCUT2D eigenvalue weighted by Crippen LogP contribution is -2.24. The van der Waals surface area contributed by atoms with Crippen molar-refractivity contribution in [1.82, 2.24) is 0 Å². The molecule has 0 radical (unpaired) electrons. The van der Waals surface area contributed by atoms with Crippen LogP contribution in [0.2, 0.25) is 0 Å². The van der Waals surface area contributed by atoms with Gasteiger partial charge in [0.05, 0.1) is 13.2 Å². The summed E-state index contributed by atoms with van der Waals surface area (Å²) in [4.78, 5) is 25.5. The number of Topliss-reactive ketones (excluding diaryl/α,β-unsaturated/α-hetero) is 2. The fourth-order valence-corrected chi connectivity index (χ4v) is 6.69. The molecule has 10 heteroatoms. The molecule has 0 bridgehead atoms. The average Bonchev–Trinajstić information content (AvgIpc) is 3.58. The number of hydrogen-bond donors (Lipinski definition) is 4. The van der Waals surface area contributed by atoms with Crippen molar-refractivity contribution in [3.8, 4) is 46.0 Å². The molecule has 4 N–H and O–H groups in total. The van der Waals surface area contributed by atoms with Crippen LogP contribution >= 0.6 is 0 Å². The SMILES string of the molecule is O=C1/C(=C/c2ccc(OCC(COc3ccc(/C=C4\Oc5cc(O)cc(O)c5C4=O)cc3)CC3CCCCC3)cc2)Oc2cc(O)cc(O)c21. The highest BCUT2D eigenvalue weighted by atomic mass is 16.5. The smallest absolute Gasteiger partial charge is 0.235 e. The highest BCUT2D eigenvalue weighted by Crippen LogP contribution is 2.42. The zero-order chi connectivity index (χ0) is 34.8. The van der Waals surface area contributed by atoms with Crippen molar-refractivity contribution in [2.45, 2.75) is 38.5 Å². The van der Waals surface area contributed by atoms with E-state index in [-0.39, 0.29) is 63.1 Å². The van der Waals surface area contributed by atoms with Crippen LogP contribution in [-0.2, 0) is 0 Å². The Kier molecular flexibility index (Phi) is 9.08. The fraction of sp³-hybridized carbons (Fsp3) is 0.250. The number of carbonyl (C=O) groups excluding carboxylic acids is 2. The second-order valence-electron chi connectivity index (χ2n) is 12.9. The summed E-state index contributed by atoms with van der Waals surface area (Å²) < 4.78 is 23.6. The molecule has 4 aromatic rings. The molecule has 0 aromatic heterocycles. The molecule has 2 heterocycles. The molecule has 7 rings (SSSR count). The minimum atomic E-state index is -0.456. The first-order valence-electron chi connectivity index (χ1n) is 16.7. The van der Waals surface area contributed by atoms with Crippen LogP contribution in [0.3, 0.4) is 0 Å². The number of ketones is 2. The van der Waals surface area contributed by atoms with Gasteiger partial charge in [-0.25, -0.2) is 0 Å². The van der Waals surface area contributed by atoms with Gasteiger partial charge in [-0.1, -0.05) is 56.4 Å². The number of allylic oxidation sites excluding steroid dienone is 2. The molecule has 3 aliphatic rings. The summed E-state index contributed by atoms with van der Waals surface area (Å²) in [6.07, 6.45) is 10.3. The predicted molar refractivity (Wildman–Crippen MR) is 184 cm³/mol. The molecule has 0 atom stereocenters. The van der Waals surface area contributed by atoms with Crippen LogP contribution in [-0.4, -0.2) is 45.2 Å². The second-order valence-corrected chi connectivity index (χ2v) is 12.9. The molecular weight excluding hydrogens is 640 g/mol. The molecule has 256 valence electrons. The minimum Gasteiger partial charge on any atom is -0.508 e. The van der Waals surface area contributed by atoms with E-state index in [0.29, 0.717) is 41.8 Å². The molecule has 0 spiro atoms. The Hall–Kier alpha value is -5.90. The van der Waals surface area contributed by atoms with E-state index in [2.05, 4.69) is 0 Å². The van der Waals surface area contributed by atoms with Crippen LogP contribution in [0.4, 0.5) is 0 Å². The molecule has 0 unspecified atom stereocenters. The lowest BCUT2D eigenvalue weighted by molar-refractivity contribution is 0.100. The van der Waals surface area contributed by atoms with Crippen molar-refractivity contribution >= 4 is 23.7 Å². The van der Waals surface area contributed by atoms with Crippen molar-refractivity contribution in [2.24, 2.45) is 11.8 Å². The minimum absolute atomic E-state index is 0.0273. The predicted octanol–water partition coefficient (Wildman–Crippen LogP) is 7.79. The Morgan fingerprint density at radius 3 is 1.52 bits per heavy atom. The molecule has 1 saturated carbocycles. The summed E-state index contributed by atoms with van der Waals surface area (Å²) in [5.41, 5.74) is 1.48. The van der Waals surface area contributed by atoms with Gasteiger partial charge in [-0.05, 0) is 59.9 Å².